The Morgan fingerprint density at radius 3 is 2.65 bits per heavy atom. The smallest absolute Gasteiger partial charge is 0.163 e. The molecule has 1 atom stereocenters. The molecule has 0 saturated heterocycles. The fourth-order valence-electron chi connectivity index (χ4n) is 2.10. The van der Waals surface area contributed by atoms with Crippen LogP contribution in [0.15, 0.2) is 35.7 Å². The summed E-state index contributed by atoms with van der Waals surface area (Å²) < 4.78 is 10.9. The first kappa shape index (κ1) is 14.7. The van der Waals surface area contributed by atoms with E-state index < -0.39 is 0 Å². The van der Waals surface area contributed by atoms with Crippen LogP contribution in [-0.4, -0.2) is 13.7 Å². The maximum absolute atomic E-state index is 5.61. The highest BCUT2D eigenvalue weighted by Crippen LogP contribution is 2.33. The number of thiophene rings is 1. The lowest BCUT2D eigenvalue weighted by Gasteiger charge is -2.18. The number of methoxy groups -OCH3 is 1. The number of anilines is 1. The van der Waals surface area contributed by atoms with Gasteiger partial charge >= 0.3 is 0 Å². The summed E-state index contributed by atoms with van der Waals surface area (Å²) in [5, 5.41) is 5.67. The number of ether oxygens (including phenoxy) is 2. The zero-order valence-corrected chi connectivity index (χ0v) is 13.0. The molecule has 2 rings (SSSR count). The third kappa shape index (κ3) is 3.45. The Morgan fingerprint density at radius 2 is 2.05 bits per heavy atom. The van der Waals surface area contributed by atoms with Gasteiger partial charge in [0.05, 0.1) is 19.8 Å². The van der Waals surface area contributed by atoms with Gasteiger partial charge in [-0.1, -0.05) is 13.0 Å². The summed E-state index contributed by atoms with van der Waals surface area (Å²) >= 11 is 1.78. The van der Waals surface area contributed by atoms with Gasteiger partial charge in [0.15, 0.2) is 11.5 Å². The van der Waals surface area contributed by atoms with Crippen molar-refractivity contribution in [3.63, 3.8) is 0 Å². The molecule has 0 radical (unpaired) electrons. The SMILES string of the molecule is CCOc1cc(NC(CC)c2cccs2)ccc1OC. The van der Waals surface area contributed by atoms with Crippen LogP contribution < -0.4 is 14.8 Å². The average Bonchev–Trinajstić information content (AvgIpc) is 2.99. The Hall–Kier alpha value is -1.68. The van der Waals surface area contributed by atoms with Crippen molar-refractivity contribution in [2.75, 3.05) is 19.0 Å². The van der Waals surface area contributed by atoms with Crippen LogP contribution in [0.5, 0.6) is 11.5 Å². The Morgan fingerprint density at radius 1 is 1.20 bits per heavy atom. The minimum absolute atomic E-state index is 0.331. The molecule has 1 aromatic carbocycles. The van der Waals surface area contributed by atoms with Gasteiger partial charge in [0.2, 0.25) is 0 Å². The second-order valence-electron chi connectivity index (χ2n) is 4.42. The fraction of sp³-hybridized carbons (Fsp3) is 0.375. The highest BCUT2D eigenvalue weighted by molar-refractivity contribution is 7.10. The first-order chi connectivity index (χ1) is 9.78. The molecule has 0 spiro atoms. The zero-order valence-electron chi connectivity index (χ0n) is 12.2. The minimum atomic E-state index is 0.331. The standard InChI is InChI=1S/C16H21NO2S/c1-4-13(16-7-6-10-20-16)17-12-8-9-14(18-3)15(11-12)19-5-2/h6-11,13,17H,4-5H2,1-3H3. The van der Waals surface area contributed by atoms with Crippen LogP contribution in [0, 0.1) is 0 Å². The highest BCUT2D eigenvalue weighted by Gasteiger charge is 2.12. The van der Waals surface area contributed by atoms with Crippen molar-refractivity contribution in [1.29, 1.82) is 0 Å². The molecule has 20 heavy (non-hydrogen) atoms. The molecule has 0 saturated carbocycles. The summed E-state index contributed by atoms with van der Waals surface area (Å²) in [5.74, 6) is 1.54. The summed E-state index contributed by atoms with van der Waals surface area (Å²) in [6.07, 6.45) is 1.04. The Kier molecular flexibility index (Phi) is 5.30. The van der Waals surface area contributed by atoms with E-state index >= 15 is 0 Å². The average molecular weight is 291 g/mol. The lowest BCUT2D eigenvalue weighted by Crippen LogP contribution is -2.08. The van der Waals surface area contributed by atoms with Crippen LogP contribution >= 0.6 is 11.3 Å². The normalized spacial score (nSPS) is 11.9. The van der Waals surface area contributed by atoms with Gasteiger partial charge < -0.3 is 14.8 Å². The van der Waals surface area contributed by atoms with Gasteiger partial charge in [0, 0.05) is 16.6 Å². The van der Waals surface area contributed by atoms with Crippen molar-refractivity contribution in [3.8, 4) is 11.5 Å². The van der Waals surface area contributed by atoms with Crippen LogP contribution in [0.2, 0.25) is 0 Å². The van der Waals surface area contributed by atoms with E-state index in [1.165, 1.54) is 4.88 Å². The van der Waals surface area contributed by atoms with E-state index in [1.54, 1.807) is 18.4 Å². The Labute approximate surface area is 124 Å². The molecule has 1 unspecified atom stereocenters. The Balaban J connectivity index is 2.18. The quantitative estimate of drug-likeness (QED) is 0.800. The van der Waals surface area contributed by atoms with E-state index in [9.17, 15) is 0 Å². The van der Waals surface area contributed by atoms with Gasteiger partial charge in [0.25, 0.3) is 0 Å². The van der Waals surface area contributed by atoms with E-state index in [1.807, 2.05) is 25.1 Å². The molecule has 0 aliphatic heterocycles. The van der Waals surface area contributed by atoms with E-state index in [4.69, 9.17) is 9.47 Å². The van der Waals surface area contributed by atoms with Crippen molar-refractivity contribution in [1.82, 2.24) is 0 Å². The van der Waals surface area contributed by atoms with Gasteiger partial charge in [-0.25, -0.2) is 0 Å². The lowest BCUT2D eigenvalue weighted by atomic mass is 10.1. The number of rotatable bonds is 7. The van der Waals surface area contributed by atoms with Crippen LogP contribution in [0.1, 0.15) is 31.2 Å². The van der Waals surface area contributed by atoms with E-state index in [0.717, 1.165) is 23.6 Å². The molecule has 1 heterocycles. The van der Waals surface area contributed by atoms with Gasteiger partial charge in [-0.15, -0.1) is 11.3 Å². The van der Waals surface area contributed by atoms with Crippen LogP contribution in [0.4, 0.5) is 5.69 Å². The fourth-order valence-corrected chi connectivity index (χ4v) is 2.96. The second kappa shape index (κ2) is 7.20. The van der Waals surface area contributed by atoms with Crippen LogP contribution in [-0.2, 0) is 0 Å². The molecular formula is C16H21NO2S. The molecule has 108 valence electrons. The Bertz CT molecular complexity index is 525. The van der Waals surface area contributed by atoms with Gasteiger partial charge in [-0.3, -0.25) is 0 Å². The summed E-state index contributed by atoms with van der Waals surface area (Å²) in [4.78, 5) is 1.35. The molecule has 1 aromatic heterocycles. The first-order valence-electron chi connectivity index (χ1n) is 6.89. The third-order valence-corrected chi connectivity index (χ3v) is 4.09. The third-order valence-electron chi connectivity index (χ3n) is 3.10. The van der Waals surface area contributed by atoms with Crippen LogP contribution in [0.25, 0.3) is 0 Å². The van der Waals surface area contributed by atoms with Gasteiger partial charge in [-0.05, 0) is 36.9 Å². The summed E-state index contributed by atoms with van der Waals surface area (Å²) in [6.45, 7) is 4.78. The van der Waals surface area contributed by atoms with E-state index in [2.05, 4.69) is 29.8 Å². The number of nitrogens with one attached hydrogen (secondary N) is 1. The maximum Gasteiger partial charge on any atom is 0.163 e. The van der Waals surface area contributed by atoms with Gasteiger partial charge in [0.1, 0.15) is 0 Å². The van der Waals surface area contributed by atoms with Crippen molar-refractivity contribution < 1.29 is 9.47 Å². The number of hydrogen-bond donors (Lipinski definition) is 1. The van der Waals surface area contributed by atoms with E-state index in [0.29, 0.717) is 12.6 Å². The molecule has 1 N–H and O–H groups in total. The molecule has 0 amide bonds. The van der Waals surface area contributed by atoms with Crippen molar-refractivity contribution in [3.05, 3.63) is 40.6 Å². The highest BCUT2D eigenvalue weighted by atomic mass is 32.1. The lowest BCUT2D eigenvalue weighted by molar-refractivity contribution is 0.311. The predicted octanol–water partition coefficient (Wildman–Crippen LogP) is 4.72. The summed E-state index contributed by atoms with van der Waals surface area (Å²) in [6, 6.07) is 10.5. The van der Waals surface area contributed by atoms with Crippen molar-refractivity contribution in [2.24, 2.45) is 0 Å². The molecule has 0 aliphatic rings. The predicted molar refractivity (Wildman–Crippen MR) is 85.1 cm³/mol. The van der Waals surface area contributed by atoms with Gasteiger partial charge in [-0.2, -0.15) is 0 Å². The largest absolute Gasteiger partial charge is 0.493 e. The maximum atomic E-state index is 5.61. The minimum Gasteiger partial charge on any atom is -0.493 e. The number of hydrogen-bond acceptors (Lipinski definition) is 4. The summed E-state index contributed by atoms with van der Waals surface area (Å²) in [5.41, 5.74) is 1.05. The molecule has 3 nitrogen and oxygen atoms in total. The monoisotopic (exact) mass is 291 g/mol. The molecule has 2 aromatic rings. The van der Waals surface area contributed by atoms with Crippen molar-refractivity contribution >= 4 is 17.0 Å². The number of benzene rings is 1. The van der Waals surface area contributed by atoms with E-state index in [-0.39, 0.29) is 0 Å². The molecule has 0 fully saturated rings. The summed E-state index contributed by atoms with van der Waals surface area (Å²) in [7, 11) is 1.66. The first-order valence-corrected chi connectivity index (χ1v) is 7.77. The topological polar surface area (TPSA) is 30.5 Å². The van der Waals surface area contributed by atoms with Crippen LogP contribution in [0.3, 0.4) is 0 Å². The van der Waals surface area contributed by atoms with Crippen molar-refractivity contribution in [2.45, 2.75) is 26.3 Å². The molecule has 0 bridgehead atoms. The molecular weight excluding hydrogens is 270 g/mol. The molecule has 0 aliphatic carbocycles. The molecule has 4 heteroatoms. The second-order valence-corrected chi connectivity index (χ2v) is 5.40. The zero-order chi connectivity index (χ0) is 14.4.